The highest BCUT2D eigenvalue weighted by Crippen LogP contribution is 2.41. The molecule has 1 N–H and O–H groups in total. The summed E-state index contributed by atoms with van der Waals surface area (Å²) in [6, 6.07) is 6.31. The Hall–Kier alpha value is -2.34. The number of fused-ring (bicyclic) bond motifs is 1. The van der Waals surface area contributed by atoms with Crippen molar-refractivity contribution in [2.24, 2.45) is 0 Å². The predicted molar refractivity (Wildman–Crippen MR) is 107 cm³/mol. The summed E-state index contributed by atoms with van der Waals surface area (Å²) >= 11 is 0. The third kappa shape index (κ3) is 3.53. The van der Waals surface area contributed by atoms with E-state index in [1.807, 2.05) is 26.8 Å². The molecule has 1 aliphatic carbocycles. The Morgan fingerprint density at radius 3 is 2.82 bits per heavy atom. The highest BCUT2D eigenvalue weighted by atomic mass is 16.5. The average Bonchev–Trinajstić information content (AvgIpc) is 3.46. The van der Waals surface area contributed by atoms with E-state index < -0.39 is 0 Å². The van der Waals surface area contributed by atoms with Crippen molar-refractivity contribution in [3.63, 3.8) is 0 Å². The van der Waals surface area contributed by atoms with Gasteiger partial charge >= 0.3 is 0 Å². The maximum Gasteiger partial charge on any atom is 0.270 e. The summed E-state index contributed by atoms with van der Waals surface area (Å²) in [5.74, 6) is 1.39. The molecular weight excluding hydrogens is 354 g/mol. The molecule has 0 radical (unpaired) electrons. The first-order valence-corrected chi connectivity index (χ1v) is 10.2. The standard InChI is InChI=1S/C22H29N3O3/c1-5-25-21(18-10-13(2)28-14(3)20(18)24-25)22(26)23-12-17-11-16(15-6-7-15)8-9-19(17)27-4/h8-9,11,13-15H,5-7,10,12H2,1-4H3,(H,23,26)/t13-,14+/m0/s1. The van der Waals surface area contributed by atoms with E-state index in [4.69, 9.17) is 9.47 Å². The van der Waals surface area contributed by atoms with Crippen molar-refractivity contribution in [3.8, 4) is 5.75 Å². The van der Waals surface area contributed by atoms with Crippen LogP contribution < -0.4 is 10.1 Å². The third-order valence-corrected chi connectivity index (χ3v) is 5.70. The summed E-state index contributed by atoms with van der Waals surface area (Å²) in [7, 11) is 1.67. The van der Waals surface area contributed by atoms with Gasteiger partial charge in [-0.2, -0.15) is 5.10 Å². The Balaban J connectivity index is 1.57. The van der Waals surface area contributed by atoms with Crippen molar-refractivity contribution in [1.29, 1.82) is 0 Å². The van der Waals surface area contributed by atoms with E-state index in [9.17, 15) is 4.79 Å². The molecule has 6 heteroatoms. The fraction of sp³-hybridized carbons (Fsp3) is 0.545. The molecule has 0 spiro atoms. The van der Waals surface area contributed by atoms with E-state index in [0.717, 1.165) is 22.6 Å². The van der Waals surface area contributed by atoms with Gasteiger partial charge in [-0.25, -0.2) is 0 Å². The van der Waals surface area contributed by atoms with Gasteiger partial charge in [0.05, 0.1) is 25.0 Å². The molecule has 150 valence electrons. The van der Waals surface area contributed by atoms with Crippen LogP contribution in [-0.2, 0) is 24.2 Å². The molecule has 28 heavy (non-hydrogen) atoms. The molecule has 0 bridgehead atoms. The van der Waals surface area contributed by atoms with Crippen LogP contribution >= 0.6 is 0 Å². The molecule has 2 aliphatic rings. The van der Waals surface area contributed by atoms with Crippen molar-refractivity contribution >= 4 is 5.91 Å². The second-order valence-electron chi connectivity index (χ2n) is 7.85. The first kappa shape index (κ1) is 19.0. The number of rotatable bonds is 6. The van der Waals surface area contributed by atoms with Crippen LogP contribution in [0.3, 0.4) is 0 Å². The molecule has 2 aromatic rings. The number of nitrogens with one attached hydrogen (secondary N) is 1. The van der Waals surface area contributed by atoms with Crippen LogP contribution in [0.5, 0.6) is 5.75 Å². The molecule has 1 aromatic heterocycles. The number of methoxy groups -OCH3 is 1. The van der Waals surface area contributed by atoms with Gasteiger partial charge in [-0.3, -0.25) is 9.48 Å². The Labute approximate surface area is 166 Å². The molecule has 0 unspecified atom stereocenters. The minimum absolute atomic E-state index is 0.0823. The molecule has 6 nitrogen and oxygen atoms in total. The van der Waals surface area contributed by atoms with Crippen LogP contribution in [0.2, 0.25) is 0 Å². The molecule has 1 aromatic carbocycles. The number of nitrogens with zero attached hydrogens (tertiary/aromatic N) is 2. The molecular formula is C22H29N3O3. The topological polar surface area (TPSA) is 65.4 Å². The number of carbonyl (C=O) groups excluding carboxylic acids is 1. The van der Waals surface area contributed by atoms with Gasteiger partial charge in [0.25, 0.3) is 5.91 Å². The van der Waals surface area contributed by atoms with E-state index in [-0.39, 0.29) is 18.1 Å². The van der Waals surface area contributed by atoms with Crippen LogP contribution in [0.25, 0.3) is 0 Å². The quantitative estimate of drug-likeness (QED) is 0.825. The fourth-order valence-corrected chi connectivity index (χ4v) is 4.14. The summed E-state index contributed by atoms with van der Waals surface area (Å²) in [6.45, 7) is 7.13. The summed E-state index contributed by atoms with van der Waals surface area (Å²) < 4.78 is 13.2. The number of aromatic nitrogens is 2. The van der Waals surface area contributed by atoms with Crippen molar-refractivity contribution in [3.05, 3.63) is 46.3 Å². The van der Waals surface area contributed by atoms with E-state index >= 15 is 0 Å². The highest BCUT2D eigenvalue weighted by Gasteiger charge is 2.32. The number of hydrogen-bond acceptors (Lipinski definition) is 4. The Kier molecular flexibility index (Phi) is 5.15. The number of hydrogen-bond donors (Lipinski definition) is 1. The number of amides is 1. The van der Waals surface area contributed by atoms with Crippen molar-refractivity contribution in [2.45, 2.75) is 71.2 Å². The second kappa shape index (κ2) is 7.59. The van der Waals surface area contributed by atoms with Gasteiger partial charge in [-0.1, -0.05) is 12.1 Å². The maximum absolute atomic E-state index is 13.1. The molecule has 0 saturated heterocycles. The van der Waals surface area contributed by atoms with Gasteiger partial charge in [0.15, 0.2) is 0 Å². The Bertz CT molecular complexity index is 885. The van der Waals surface area contributed by atoms with Crippen molar-refractivity contribution in [1.82, 2.24) is 15.1 Å². The SMILES string of the molecule is CCn1nc2c(c1C(=O)NCc1cc(C3CC3)ccc1OC)C[C@H](C)O[C@@H]2C. The fourth-order valence-electron chi connectivity index (χ4n) is 4.14. The number of carbonyl (C=O) groups is 1. The van der Waals surface area contributed by atoms with Gasteiger partial charge in [-0.05, 0) is 51.2 Å². The zero-order valence-corrected chi connectivity index (χ0v) is 17.1. The normalized spacial score (nSPS) is 21.3. The Morgan fingerprint density at radius 2 is 2.14 bits per heavy atom. The summed E-state index contributed by atoms with van der Waals surface area (Å²) in [5.41, 5.74) is 4.92. The van der Waals surface area contributed by atoms with E-state index in [0.29, 0.717) is 31.1 Å². The molecule has 1 amide bonds. The highest BCUT2D eigenvalue weighted by molar-refractivity contribution is 5.94. The predicted octanol–water partition coefficient (Wildman–Crippen LogP) is 3.74. The molecule has 2 atom stereocenters. The summed E-state index contributed by atoms with van der Waals surface area (Å²) in [6.07, 6.45) is 3.20. The number of benzene rings is 1. The van der Waals surface area contributed by atoms with Gasteiger partial charge in [-0.15, -0.1) is 0 Å². The number of ether oxygens (including phenoxy) is 2. The third-order valence-electron chi connectivity index (χ3n) is 5.70. The second-order valence-corrected chi connectivity index (χ2v) is 7.85. The number of aryl methyl sites for hydroxylation is 1. The van der Waals surface area contributed by atoms with Crippen LogP contribution in [0.15, 0.2) is 18.2 Å². The lowest BCUT2D eigenvalue weighted by molar-refractivity contribution is -0.00712. The smallest absolute Gasteiger partial charge is 0.270 e. The first-order chi connectivity index (χ1) is 13.5. The molecule has 1 saturated carbocycles. The monoisotopic (exact) mass is 383 g/mol. The zero-order valence-electron chi connectivity index (χ0n) is 17.1. The minimum atomic E-state index is -0.0894. The van der Waals surface area contributed by atoms with Gasteiger partial charge in [0, 0.05) is 30.6 Å². The lowest BCUT2D eigenvalue weighted by Gasteiger charge is -2.24. The minimum Gasteiger partial charge on any atom is -0.496 e. The molecule has 1 fully saturated rings. The molecule has 4 rings (SSSR count). The van der Waals surface area contributed by atoms with Crippen LogP contribution in [-0.4, -0.2) is 28.9 Å². The van der Waals surface area contributed by atoms with Crippen LogP contribution in [0.4, 0.5) is 0 Å². The molecule has 1 aliphatic heterocycles. The zero-order chi connectivity index (χ0) is 19.8. The van der Waals surface area contributed by atoms with Crippen LogP contribution in [0, 0.1) is 0 Å². The van der Waals surface area contributed by atoms with Crippen LogP contribution in [0.1, 0.15) is 78.5 Å². The lowest BCUT2D eigenvalue weighted by Crippen LogP contribution is -2.29. The first-order valence-electron chi connectivity index (χ1n) is 10.2. The van der Waals surface area contributed by atoms with Gasteiger partial charge < -0.3 is 14.8 Å². The van der Waals surface area contributed by atoms with E-state index in [2.05, 4.69) is 22.5 Å². The Morgan fingerprint density at radius 1 is 1.36 bits per heavy atom. The van der Waals surface area contributed by atoms with E-state index in [1.165, 1.54) is 18.4 Å². The lowest BCUT2D eigenvalue weighted by atomic mass is 9.99. The largest absolute Gasteiger partial charge is 0.496 e. The maximum atomic E-state index is 13.1. The summed E-state index contributed by atoms with van der Waals surface area (Å²) in [4.78, 5) is 13.1. The van der Waals surface area contributed by atoms with Crippen molar-refractivity contribution < 1.29 is 14.3 Å². The average molecular weight is 383 g/mol. The molecule has 2 heterocycles. The van der Waals surface area contributed by atoms with E-state index in [1.54, 1.807) is 11.8 Å². The van der Waals surface area contributed by atoms with Gasteiger partial charge in [0.1, 0.15) is 11.4 Å². The summed E-state index contributed by atoms with van der Waals surface area (Å²) in [5, 5.41) is 7.74. The van der Waals surface area contributed by atoms with Gasteiger partial charge in [0.2, 0.25) is 0 Å². The van der Waals surface area contributed by atoms with Crippen molar-refractivity contribution in [2.75, 3.05) is 7.11 Å².